The van der Waals surface area contributed by atoms with Crippen molar-refractivity contribution in [3.05, 3.63) is 95.6 Å². The monoisotopic (exact) mass is 521 g/mol. The molecule has 0 atom stereocenters. The number of hydrogen-bond donors (Lipinski definition) is 0. The molecule has 204 valence electrons. The number of carbonyl (C=O) groups is 2. The first kappa shape index (κ1) is 29.1. The van der Waals surface area contributed by atoms with Crippen LogP contribution >= 0.6 is 0 Å². The first-order valence-electron chi connectivity index (χ1n) is 13.2. The zero-order chi connectivity index (χ0) is 27.5. The number of ether oxygens (including phenoxy) is 1. The molecule has 0 N–H and O–H groups in total. The Bertz CT molecular complexity index is 1150. The second-order valence-corrected chi connectivity index (χ2v) is 10.5. The van der Waals surface area contributed by atoms with Gasteiger partial charge in [-0.2, -0.15) is 0 Å². The fraction of sp³-hybridized carbons (Fsp3) is 0.419. The van der Waals surface area contributed by atoms with E-state index < -0.39 is 5.41 Å². The van der Waals surface area contributed by atoms with E-state index in [0.717, 1.165) is 16.8 Å². The van der Waals surface area contributed by atoms with Gasteiger partial charge in [-0.3, -0.25) is 9.59 Å². The van der Waals surface area contributed by atoms with Gasteiger partial charge < -0.3 is 19.1 Å². The summed E-state index contributed by atoms with van der Waals surface area (Å²) in [5.41, 5.74) is 2.35. The molecular weight excluding hydrogens is 481 g/mol. The van der Waals surface area contributed by atoms with Crippen LogP contribution in [0, 0.1) is 11.2 Å². The molecule has 0 unspecified atom stereocenters. The highest BCUT2D eigenvalue weighted by molar-refractivity contribution is 5.87. The van der Waals surface area contributed by atoms with E-state index in [4.69, 9.17) is 4.74 Å². The fourth-order valence-electron chi connectivity index (χ4n) is 4.26. The van der Waals surface area contributed by atoms with E-state index in [0.29, 0.717) is 45.8 Å². The molecule has 0 saturated heterocycles. The van der Waals surface area contributed by atoms with E-state index >= 15 is 0 Å². The van der Waals surface area contributed by atoms with Gasteiger partial charge in [-0.05, 0) is 48.7 Å². The lowest BCUT2D eigenvalue weighted by Crippen LogP contribution is -2.47. The molecule has 0 aliphatic rings. The average Bonchev–Trinajstić information content (AvgIpc) is 3.32. The van der Waals surface area contributed by atoms with Crippen molar-refractivity contribution >= 4 is 11.8 Å². The quantitative estimate of drug-likeness (QED) is 0.279. The van der Waals surface area contributed by atoms with Crippen LogP contribution < -0.4 is 0 Å². The molecule has 7 heteroatoms. The topological polar surface area (TPSA) is 54.8 Å². The Morgan fingerprint density at radius 3 is 2.26 bits per heavy atom. The van der Waals surface area contributed by atoms with Crippen molar-refractivity contribution in [2.75, 3.05) is 26.3 Å². The normalized spacial score (nSPS) is 11.4. The van der Waals surface area contributed by atoms with Crippen LogP contribution in [0.3, 0.4) is 0 Å². The third-order valence-corrected chi connectivity index (χ3v) is 6.29. The predicted octanol–water partition coefficient (Wildman–Crippen LogP) is 5.51. The first-order valence-corrected chi connectivity index (χ1v) is 13.2. The molecule has 0 spiro atoms. The largest absolute Gasteiger partial charge is 0.382 e. The summed E-state index contributed by atoms with van der Waals surface area (Å²) in [6.45, 7) is 10.6. The van der Waals surface area contributed by atoms with Crippen LogP contribution in [0.1, 0.15) is 50.9 Å². The van der Waals surface area contributed by atoms with E-state index in [1.165, 1.54) is 12.1 Å². The van der Waals surface area contributed by atoms with Crippen molar-refractivity contribution in [3.8, 4) is 0 Å². The second-order valence-electron chi connectivity index (χ2n) is 10.5. The molecule has 1 heterocycles. The summed E-state index contributed by atoms with van der Waals surface area (Å²) in [7, 11) is 0. The van der Waals surface area contributed by atoms with E-state index in [9.17, 15) is 14.0 Å². The number of amides is 2. The van der Waals surface area contributed by atoms with Gasteiger partial charge in [-0.25, -0.2) is 4.39 Å². The van der Waals surface area contributed by atoms with E-state index in [1.807, 2.05) is 76.4 Å². The molecule has 3 aromatic rings. The summed E-state index contributed by atoms with van der Waals surface area (Å²) >= 11 is 0. The molecule has 0 radical (unpaired) electrons. The SMILES string of the molecule is CCOCCCN(CC(=O)N(Cc1ccccc1)Cc1cccn1Cc1ccc(F)cc1)C(=O)C(C)(C)C. The molecule has 0 saturated carbocycles. The van der Waals surface area contributed by atoms with Crippen LogP contribution in [0.5, 0.6) is 0 Å². The average molecular weight is 522 g/mol. The van der Waals surface area contributed by atoms with Gasteiger partial charge in [0.1, 0.15) is 5.82 Å². The summed E-state index contributed by atoms with van der Waals surface area (Å²) < 4.78 is 20.9. The molecule has 2 aromatic carbocycles. The van der Waals surface area contributed by atoms with Gasteiger partial charge in [0.25, 0.3) is 0 Å². The fourth-order valence-corrected chi connectivity index (χ4v) is 4.26. The smallest absolute Gasteiger partial charge is 0.242 e. The highest BCUT2D eigenvalue weighted by Gasteiger charge is 2.30. The number of nitrogens with zero attached hydrogens (tertiary/aromatic N) is 3. The van der Waals surface area contributed by atoms with Gasteiger partial charge in [-0.15, -0.1) is 0 Å². The standard InChI is InChI=1S/C31H40FN3O3/c1-5-38-20-10-19-34(30(37)31(2,3)4)24-29(36)35(22-25-11-7-6-8-12-25)23-28-13-9-18-33(28)21-26-14-16-27(32)17-15-26/h6-9,11-18H,5,10,19-24H2,1-4H3. The minimum Gasteiger partial charge on any atom is -0.382 e. The van der Waals surface area contributed by atoms with Gasteiger partial charge in [0, 0.05) is 50.2 Å². The van der Waals surface area contributed by atoms with Crippen LogP contribution in [0.15, 0.2) is 72.9 Å². The Morgan fingerprint density at radius 1 is 0.895 bits per heavy atom. The van der Waals surface area contributed by atoms with Crippen LogP contribution in [0.25, 0.3) is 0 Å². The Kier molecular flexibility index (Phi) is 10.7. The van der Waals surface area contributed by atoms with Gasteiger partial charge in [0.15, 0.2) is 0 Å². The maximum atomic E-state index is 13.8. The van der Waals surface area contributed by atoms with Crippen LogP contribution in [0.4, 0.5) is 4.39 Å². The lowest BCUT2D eigenvalue weighted by Gasteiger charge is -2.32. The predicted molar refractivity (Wildman–Crippen MR) is 148 cm³/mol. The second kappa shape index (κ2) is 13.9. The number of hydrogen-bond acceptors (Lipinski definition) is 3. The van der Waals surface area contributed by atoms with Crippen molar-refractivity contribution in [2.45, 2.75) is 53.8 Å². The highest BCUT2D eigenvalue weighted by atomic mass is 19.1. The molecular formula is C31H40FN3O3. The van der Waals surface area contributed by atoms with Gasteiger partial charge in [-0.1, -0.05) is 63.2 Å². The Hall–Kier alpha value is -3.45. The number of aromatic nitrogens is 1. The summed E-state index contributed by atoms with van der Waals surface area (Å²) in [5.74, 6) is -0.434. The lowest BCUT2D eigenvalue weighted by molar-refractivity contribution is -0.146. The van der Waals surface area contributed by atoms with Gasteiger partial charge in [0.2, 0.25) is 11.8 Å². The summed E-state index contributed by atoms with van der Waals surface area (Å²) in [4.78, 5) is 30.5. The van der Waals surface area contributed by atoms with Crippen LogP contribution in [0.2, 0.25) is 0 Å². The molecule has 1 aromatic heterocycles. The molecule has 3 rings (SSSR count). The summed E-state index contributed by atoms with van der Waals surface area (Å²) in [6.07, 6.45) is 2.63. The van der Waals surface area contributed by atoms with E-state index in [1.54, 1.807) is 21.9 Å². The lowest BCUT2D eigenvalue weighted by atomic mass is 9.94. The molecule has 38 heavy (non-hydrogen) atoms. The molecule has 0 bridgehead atoms. The van der Waals surface area contributed by atoms with Crippen molar-refractivity contribution < 1.29 is 18.7 Å². The zero-order valence-corrected chi connectivity index (χ0v) is 23.0. The van der Waals surface area contributed by atoms with Crippen LogP contribution in [-0.4, -0.2) is 52.5 Å². The zero-order valence-electron chi connectivity index (χ0n) is 23.0. The molecule has 0 aliphatic heterocycles. The molecule has 2 amide bonds. The number of rotatable bonds is 13. The summed E-state index contributed by atoms with van der Waals surface area (Å²) in [6, 6.07) is 20.3. The van der Waals surface area contributed by atoms with Gasteiger partial charge in [0.05, 0.1) is 13.1 Å². The van der Waals surface area contributed by atoms with E-state index in [2.05, 4.69) is 4.57 Å². The molecule has 0 aliphatic carbocycles. The highest BCUT2D eigenvalue weighted by Crippen LogP contribution is 2.19. The third kappa shape index (κ3) is 8.84. The third-order valence-electron chi connectivity index (χ3n) is 6.29. The van der Waals surface area contributed by atoms with Gasteiger partial charge >= 0.3 is 0 Å². The minimum absolute atomic E-state index is 0.00767. The Balaban J connectivity index is 1.81. The number of benzene rings is 2. The van der Waals surface area contributed by atoms with Crippen molar-refractivity contribution in [1.82, 2.24) is 14.4 Å². The number of carbonyl (C=O) groups excluding carboxylic acids is 2. The first-order chi connectivity index (χ1) is 18.2. The maximum Gasteiger partial charge on any atom is 0.242 e. The Labute approximate surface area is 226 Å². The van der Waals surface area contributed by atoms with Crippen molar-refractivity contribution in [1.29, 1.82) is 0 Å². The Morgan fingerprint density at radius 2 is 1.61 bits per heavy atom. The number of halogens is 1. The maximum absolute atomic E-state index is 13.8. The van der Waals surface area contributed by atoms with Crippen molar-refractivity contribution in [2.24, 2.45) is 5.41 Å². The molecule has 0 fully saturated rings. The van der Waals surface area contributed by atoms with E-state index in [-0.39, 0.29) is 24.2 Å². The minimum atomic E-state index is -0.597. The summed E-state index contributed by atoms with van der Waals surface area (Å²) in [5, 5.41) is 0. The van der Waals surface area contributed by atoms with Crippen LogP contribution in [-0.2, 0) is 34.0 Å². The molecule has 6 nitrogen and oxygen atoms in total. The van der Waals surface area contributed by atoms with Crippen molar-refractivity contribution in [3.63, 3.8) is 0 Å².